The van der Waals surface area contributed by atoms with E-state index in [4.69, 9.17) is 4.74 Å². The molecule has 19 heavy (non-hydrogen) atoms. The topological polar surface area (TPSA) is 59.1 Å². The van der Waals surface area contributed by atoms with Crippen LogP contribution < -0.4 is 15.4 Å². The van der Waals surface area contributed by atoms with Crippen LogP contribution in [-0.2, 0) is 0 Å². The number of nitrogens with one attached hydrogen (secondary N) is 2. The maximum Gasteiger partial charge on any atom is 0.258 e. The van der Waals surface area contributed by atoms with Gasteiger partial charge in [0.2, 0.25) is 0 Å². The van der Waals surface area contributed by atoms with Crippen LogP contribution in [0.25, 0.3) is 11.0 Å². The lowest BCUT2D eigenvalue weighted by Gasteiger charge is -2.15. The summed E-state index contributed by atoms with van der Waals surface area (Å²) in [4.78, 5) is 9.17. The second-order valence-corrected chi connectivity index (χ2v) is 4.63. The van der Waals surface area contributed by atoms with Crippen molar-refractivity contribution in [1.29, 1.82) is 0 Å². The molecular weight excluding hydrogens is 240 g/mol. The number of fused-ring (bicyclic) bond motifs is 1. The molecule has 0 bridgehead atoms. The average molecular weight is 258 g/mol. The van der Waals surface area contributed by atoms with Crippen LogP contribution in [-0.4, -0.2) is 35.7 Å². The summed E-state index contributed by atoms with van der Waals surface area (Å²) in [6.07, 6.45) is 1.10. The molecule has 0 aliphatic carbocycles. The molecule has 5 heteroatoms. The van der Waals surface area contributed by atoms with Crippen LogP contribution in [0.4, 0.5) is 5.82 Å². The maximum atomic E-state index is 5.60. The van der Waals surface area contributed by atoms with Gasteiger partial charge in [0.15, 0.2) is 5.82 Å². The van der Waals surface area contributed by atoms with Gasteiger partial charge in [0, 0.05) is 12.6 Å². The van der Waals surface area contributed by atoms with Crippen molar-refractivity contribution < 1.29 is 4.74 Å². The van der Waals surface area contributed by atoms with Gasteiger partial charge in [-0.1, -0.05) is 12.1 Å². The Labute approximate surface area is 112 Å². The van der Waals surface area contributed by atoms with Gasteiger partial charge in [0.25, 0.3) is 5.88 Å². The Bertz CT molecular complexity index is 566. The molecule has 1 atom stereocenters. The van der Waals surface area contributed by atoms with Gasteiger partial charge in [0.1, 0.15) is 0 Å². The van der Waals surface area contributed by atoms with E-state index in [-0.39, 0.29) is 0 Å². The lowest BCUT2D eigenvalue weighted by Crippen LogP contribution is -2.23. The third kappa shape index (κ3) is 2.61. The maximum absolute atomic E-state index is 5.60. The van der Waals surface area contributed by atoms with E-state index in [1.54, 1.807) is 0 Å². The van der Waals surface area contributed by atoms with Crippen molar-refractivity contribution in [1.82, 2.24) is 15.3 Å². The van der Waals surface area contributed by atoms with E-state index in [1.165, 1.54) is 0 Å². The Balaban J connectivity index is 1.96. The highest BCUT2D eigenvalue weighted by Gasteiger charge is 2.18. The average Bonchev–Trinajstić information content (AvgIpc) is 2.93. The highest BCUT2D eigenvalue weighted by atomic mass is 16.5. The molecule has 3 rings (SSSR count). The Kier molecular flexibility index (Phi) is 3.46. The predicted octanol–water partition coefficient (Wildman–Crippen LogP) is 1.80. The molecule has 0 saturated carbocycles. The summed E-state index contributed by atoms with van der Waals surface area (Å²) < 4.78 is 5.60. The SMILES string of the molecule is CCOc1nc2ccccc2nc1N[C@@H]1CCNC1. The molecule has 1 aliphatic heterocycles. The van der Waals surface area contributed by atoms with Crippen LogP contribution in [0.1, 0.15) is 13.3 Å². The smallest absolute Gasteiger partial charge is 0.258 e. The predicted molar refractivity (Wildman–Crippen MR) is 75.6 cm³/mol. The van der Waals surface area contributed by atoms with Crippen molar-refractivity contribution in [3.05, 3.63) is 24.3 Å². The summed E-state index contributed by atoms with van der Waals surface area (Å²) >= 11 is 0. The molecule has 0 spiro atoms. The van der Waals surface area contributed by atoms with Crippen LogP contribution in [0.2, 0.25) is 0 Å². The zero-order valence-corrected chi connectivity index (χ0v) is 11.0. The van der Waals surface area contributed by atoms with Crippen molar-refractivity contribution in [2.24, 2.45) is 0 Å². The molecule has 0 radical (unpaired) electrons. The molecule has 1 saturated heterocycles. The van der Waals surface area contributed by atoms with Gasteiger partial charge in [-0.05, 0) is 32.0 Å². The van der Waals surface area contributed by atoms with E-state index in [9.17, 15) is 0 Å². The first-order valence-electron chi connectivity index (χ1n) is 6.73. The van der Waals surface area contributed by atoms with Gasteiger partial charge >= 0.3 is 0 Å². The van der Waals surface area contributed by atoms with Crippen LogP contribution >= 0.6 is 0 Å². The molecule has 5 nitrogen and oxygen atoms in total. The van der Waals surface area contributed by atoms with Gasteiger partial charge in [-0.15, -0.1) is 0 Å². The first-order chi connectivity index (χ1) is 9.36. The molecule has 1 fully saturated rings. The van der Waals surface area contributed by atoms with E-state index in [0.717, 1.165) is 36.4 Å². The molecule has 1 aromatic heterocycles. The second kappa shape index (κ2) is 5.40. The highest BCUT2D eigenvalue weighted by Crippen LogP contribution is 2.24. The van der Waals surface area contributed by atoms with Crippen LogP contribution in [0.5, 0.6) is 5.88 Å². The fraction of sp³-hybridized carbons (Fsp3) is 0.429. The number of hydrogen-bond donors (Lipinski definition) is 2. The largest absolute Gasteiger partial charge is 0.475 e. The number of benzene rings is 1. The minimum absolute atomic E-state index is 0.398. The molecule has 1 aromatic carbocycles. The van der Waals surface area contributed by atoms with Gasteiger partial charge < -0.3 is 15.4 Å². The Morgan fingerprint density at radius 1 is 1.32 bits per heavy atom. The number of ether oxygens (including phenoxy) is 1. The molecular formula is C14H18N4O. The molecule has 2 N–H and O–H groups in total. The van der Waals surface area contributed by atoms with E-state index in [0.29, 0.717) is 18.5 Å². The summed E-state index contributed by atoms with van der Waals surface area (Å²) in [6.45, 7) is 4.55. The van der Waals surface area contributed by atoms with Gasteiger partial charge in [0.05, 0.1) is 17.6 Å². The van der Waals surface area contributed by atoms with Crippen molar-refractivity contribution in [3.8, 4) is 5.88 Å². The minimum Gasteiger partial charge on any atom is -0.475 e. The number of anilines is 1. The Morgan fingerprint density at radius 2 is 2.11 bits per heavy atom. The van der Waals surface area contributed by atoms with Gasteiger partial charge in [-0.3, -0.25) is 0 Å². The van der Waals surface area contributed by atoms with Crippen molar-refractivity contribution in [3.63, 3.8) is 0 Å². The number of nitrogens with zero attached hydrogens (tertiary/aromatic N) is 2. The number of para-hydroxylation sites is 2. The molecule has 100 valence electrons. The van der Waals surface area contributed by atoms with Crippen LogP contribution in [0.15, 0.2) is 24.3 Å². The van der Waals surface area contributed by atoms with E-state index < -0.39 is 0 Å². The number of rotatable bonds is 4. The summed E-state index contributed by atoms with van der Waals surface area (Å²) in [6, 6.07) is 8.25. The van der Waals surface area contributed by atoms with Crippen molar-refractivity contribution in [2.45, 2.75) is 19.4 Å². The summed E-state index contributed by atoms with van der Waals surface area (Å²) in [7, 11) is 0. The standard InChI is InChI=1S/C14H18N4O/c1-2-19-14-13(16-10-7-8-15-9-10)17-11-5-3-4-6-12(11)18-14/h3-6,10,15H,2,7-9H2,1H3,(H,16,17)/t10-/m1/s1. The van der Waals surface area contributed by atoms with Crippen LogP contribution in [0, 0.1) is 0 Å². The van der Waals surface area contributed by atoms with Crippen molar-refractivity contribution >= 4 is 16.9 Å². The zero-order chi connectivity index (χ0) is 13.1. The summed E-state index contributed by atoms with van der Waals surface area (Å²) in [5.74, 6) is 1.34. The van der Waals surface area contributed by atoms with E-state index in [1.807, 2.05) is 31.2 Å². The Hall–Kier alpha value is -1.88. The Morgan fingerprint density at radius 3 is 2.79 bits per heavy atom. The lowest BCUT2D eigenvalue weighted by molar-refractivity contribution is 0.328. The fourth-order valence-corrected chi connectivity index (χ4v) is 2.29. The number of aromatic nitrogens is 2. The molecule has 0 unspecified atom stereocenters. The third-order valence-corrected chi connectivity index (χ3v) is 3.22. The third-order valence-electron chi connectivity index (χ3n) is 3.22. The summed E-state index contributed by atoms with van der Waals surface area (Å²) in [5, 5.41) is 6.76. The molecule has 2 aromatic rings. The number of hydrogen-bond acceptors (Lipinski definition) is 5. The first-order valence-corrected chi connectivity index (χ1v) is 6.73. The monoisotopic (exact) mass is 258 g/mol. The quantitative estimate of drug-likeness (QED) is 0.875. The summed E-state index contributed by atoms with van der Waals surface area (Å²) in [5.41, 5.74) is 1.75. The molecule has 0 amide bonds. The van der Waals surface area contributed by atoms with Crippen molar-refractivity contribution in [2.75, 3.05) is 25.0 Å². The van der Waals surface area contributed by atoms with E-state index in [2.05, 4.69) is 20.6 Å². The zero-order valence-electron chi connectivity index (χ0n) is 11.0. The van der Waals surface area contributed by atoms with Gasteiger partial charge in [-0.25, -0.2) is 9.97 Å². The minimum atomic E-state index is 0.398. The molecule has 2 heterocycles. The second-order valence-electron chi connectivity index (χ2n) is 4.63. The normalized spacial score (nSPS) is 18.7. The molecule has 1 aliphatic rings. The van der Waals surface area contributed by atoms with Gasteiger partial charge in [-0.2, -0.15) is 0 Å². The first kappa shape index (κ1) is 12.2. The fourth-order valence-electron chi connectivity index (χ4n) is 2.29. The lowest BCUT2D eigenvalue weighted by atomic mass is 10.2. The highest BCUT2D eigenvalue weighted by molar-refractivity contribution is 5.77. The van der Waals surface area contributed by atoms with E-state index >= 15 is 0 Å². The van der Waals surface area contributed by atoms with Crippen LogP contribution in [0.3, 0.4) is 0 Å².